The minimum Gasteiger partial charge on any atom is -0.494 e. The van der Waals surface area contributed by atoms with Crippen LogP contribution in [0.25, 0.3) is 0 Å². The molecule has 0 aliphatic carbocycles. The van der Waals surface area contributed by atoms with Crippen LogP contribution in [0.1, 0.15) is 30.6 Å². The van der Waals surface area contributed by atoms with E-state index in [9.17, 15) is 14.4 Å². The van der Waals surface area contributed by atoms with Gasteiger partial charge in [-0.1, -0.05) is 0 Å². The van der Waals surface area contributed by atoms with Crippen molar-refractivity contribution in [3.8, 4) is 5.75 Å². The number of aldehydes is 1. The predicted molar refractivity (Wildman–Crippen MR) is 76.3 cm³/mol. The van der Waals surface area contributed by atoms with Gasteiger partial charge in [-0.05, 0) is 44.5 Å². The molecule has 0 saturated carbocycles. The highest BCUT2D eigenvalue weighted by atomic mass is 16.5. The Kier molecular flexibility index (Phi) is 4.26. The SMILES string of the molecule is CC1(C)NC(=O)N(CCCOc2ccc(C=O)cc2)C1=O. The van der Waals surface area contributed by atoms with Crippen LogP contribution in [0.2, 0.25) is 0 Å². The minimum atomic E-state index is -0.831. The first-order chi connectivity index (χ1) is 9.94. The van der Waals surface area contributed by atoms with Crippen molar-refractivity contribution in [1.82, 2.24) is 10.2 Å². The van der Waals surface area contributed by atoms with Crippen LogP contribution in [0.15, 0.2) is 24.3 Å². The summed E-state index contributed by atoms with van der Waals surface area (Å²) in [4.78, 5) is 35.3. The summed E-state index contributed by atoms with van der Waals surface area (Å²) in [6.45, 7) is 4.06. The van der Waals surface area contributed by atoms with Gasteiger partial charge in [0.2, 0.25) is 0 Å². The number of nitrogens with zero attached hydrogens (tertiary/aromatic N) is 1. The number of benzene rings is 1. The molecule has 0 unspecified atom stereocenters. The first kappa shape index (κ1) is 15.0. The zero-order valence-corrected chi connectivity index (χ0v) is 12.1. The summed E-state index contributed by atoms with van der Waals surface area (Å²) in [5.74, 6) is 0.431. The van der Waals surface area contributed by atoms with Crippen LogP contribution < -0.4 is 10.1 Å². The lowest BCUT2D eigenvalue weighted by Gasteiger charge is -2.16. The summed E-state index contributed by atoms with van der Waals surface area (Å²) in [6, 6.07) is 6.39. The van der Waals surface area contributed by atoms with Crippen molar-refractivity contribution in [2.75, 3.05) is 13.2 Å². The van der Waals surface area contributed by atoms with Crippen LogP contribution in [0.5, 0.6) is 5.75 Å². The van der Waals surface area contributed by atoms with Crippen LogP contribution in [0, 0.1) is 0 Å². The van der Waals surface area contributed by atoms with Crippen molar-refractivity contribution in [3.63, 3.8) is 0 Å². The fraction of sp³-hybridized carbons (Fsp3) is 0.400. The van der Waals surface area contributed by atoms with Crippen LogP contribution in [0.3, 0.4) is 0 Å². The fourth-order valence-corrected chi connectivity index (χ4v) is 2.08. The first-order valence-corrected chi connectivity index (χ1v) is 6.76. The van der Waals surface area contributed by atoms with Crippen LogP contribution in [0.4, 0.5) is 4.79 Å². The lowest BCUT2D eigenvalue weighted by molar-refractivity contribution is -0.130. The van der Waals surface area contributed by atoms with E-state index in [0.717, 1.165) is 6.29 Å². The highest BCUT2D eigenvalue weighted by Crippen LogP contribution is 2.17. The number of carbonyl (C=O) groups is 3. The Morgan fingerprint density at radius 1 is 1.24 bits per heavy atom. The zero-order chi connectivity index (χ0) is 15.5. The number of amides is 3. The summed E-state index contributed by atoms with van der Waals surface area (Å²) in [5.41, 5.74) is -0.244. The molecular formula is C15H18N2O4. The molecule has 0 bridgehead atoms. The molecule has 21 heavy (non-hydrogen) atoms. The van der Waals surface area contributed by atoms with Crippen molar-refractivity contribution in [2.24, 2.45) is 0 Å². The second kappa shape index (κ2) is 5.95. The Morgan fingerprint density at radius 3 is 2.43 bits per heavy atom. The fourth-order valence-electron chi connectivity index (χ4n) is 2.08. The van der Waals surface area contributed by atoms with E-state index < -0.39 is 5.54 Å². The summed E-state index contributed by atoms with van der Waals surface area (Å²) in [7, 11) is 0. The molecule has 112 valence electrons. The van der Waals surface area contributed by atoms with E-state index in [-0.39, 0.29) is 11.9 Å². The average molecular weight is 290 g/mol. The van der Waals surface area contributed by atoms with E-state index in [1.165, 1.54) is 4.90 Å². The molecule has 0 radical (unpaired) electrons. The van der Waals surface area contributed by atoms with Crippen LogP contribution in [-0.2, 0) is 4.79 Å². The summed E-state index contributed by atoms with van der Waals surface area (Å²) >= 11 is 0. The van der Waals surface area contributed by atoms with Gasteiger partial charge in [-0.2, -0.15) is 0 Å². The van der Waals surface area contributed by atoms with Gasteiger partial charge in [0.25, 0.3) is 5.91 Å². The maximum atomic E-state index is 11.9. The van der Waals surface area contributed by atoms with Crippen molar-refractivity contribution in [3.05, 3.63) is 29.8 Å². The summed E-state index contributed by atoms with van der Waals surface area (Å²) < 4.78 is 5.50. The van der Waals surface area contributed by atoms with Crippen LogP contribution in [-0.4, -0.2) is 41.8 Å². The van der Waals surface area contributed by atoms with Gasteiger partial charge in [0.1, 0.15) is 17.6 Å². The van der Waals surface area contributed by atoms with Crippen molar-refractivity contribution in [2.45, 2.75) is 25.8 Å². The van der Waals surface area contributed by atoms with Gasteiger partial charge < -0.3 is 10.1 Å². The Hall–Kier alpha value is -2.37. The molecule has 0 spiro atoms. The molecule has 3 amide bonds. The molecule has 1 aromatic rings. The van der Waals surface area contributed by atoms with Gasteiger partial charge in [0.15, 0.2) is 0 Å². The standard InChI is InChI=1S/C15H18N2O4/c1-15(2)13(19)17(14(20)16-15)8-3-9-21-12-6-4-11(10-18)5-7-12/h4-7,10H,3,8-9H2,1-2H3,(H,16,20). The lowest BCUT2D eigenvalue weighted by Crippen LogP contribution is -2.40. The van der Waals surface area contributed by atoms with Gasteiger partial charge in [0.05, 0.1) is 6.61 Å². The van der Waals surface area contributed by atoms with Crippen molar-refractivity contribution >= 4 is 18.2 Å². The molecule has 0 aromatic heterocycles. The highest BCUT2D eigenvalue weighted by molar-refractivity contribution is 6.06. The molecule has 1 aromatic carbocycles. The smallest absolute Gasteiger partial charge is 0.325 e. The number of hydrogen-bond donors (Lipinski definition) is 1. The molecule has 6 heteroatoms. The molecule has 1 fully saturated rings. The number of urea groups is 1. The Labute approximate surface area is 123 Å². The number of ether oxygens (including phenoxy) is 1. The number of carbonyl (C=O) groups excluding carboxylic acids is 3. The van der Waals surface area contributed by atoms with Crippen molar-refractivity contribution < 1.29 is 19.1 Å². The maximum absolute atomic E-state index is 11.9. The third-order valence-electron chi connectivity index (χ3n) is 3.26. The Balaban J connectivity index is 1.78. The quantitative estimate of drug-likeness (QED) is 0.490. The third kappa shape index (κ3) is 3.39. The number of hydrogen-bond acceptors (Lipinski definition) is 4. The molecule has 1 saturated heterocycles. The molecule has 1 aliphatic rings. The van der Waals surface area contributed by atoms with Gasteiger partial charge in [-0.25, -0.2) is 4.79 Å². The monoisotopic (exact) mass is 290 g/mol. The van der Waals surface area contributed by atoms with Gasteiger partial charge in [0, 0.05) is 12.1 Å². The van der Waals surface area contributed by atoms with Crippen LogP contribution >= 0.6 is 0 Å². The topological polar surface area (TPSA) is 75.7 Å². The second-order valence-electron chi connectivity index (χ2n) is 5.40. The predicted octanol–water partition coefficient (Wildman–Crippen LogP) is 1.60. The third-order valence-corrected chi connectivity index (χ3v) is 3.26. The largest absolute Gasteiger partial charge is 0.494 e. The molecule has 1 heterocycles. The average Bonchev–Trinajstić information content (AvgIpc) is 2.65. The van der Waals surface area contributed by atoms with Gasteiger partial charge in [-0.3, -0.25) is 14.5 Å². The summed E-state index contributed by atoms with van der Waals surface area (Å²) in [6.07, 6.45) is 1.31. The second-order valence-corrected chi connectivity index (χ2v) is 5.40. The van der Waals surface area contributed by atoms with E-state index in [1.54, 1.807) is 38.1 Å². The Morgan fingerprint density at radius 2 is 1.90 bits per heavy atom. The molecule has 2 rings (SSSR count). The van der Waals surface area contributed by atoms with Gasteiger partial charge in [-0.15, -0.1) is 0 Å². The Bertz CT molecular complexity index is 551. The molecule has 1 aliphatic heterocycles. The number of nitrogens with one attached hydrogen (secondary N) is 1. The van der Waals surface area contributed by atoms with Crippen molar-refractivity contribution in [1.29, 1.82) is 0 Å². The highest BCUT2D eigenvalue weighted by Gasteiger charge is 2.43. The van der Waals surface area contributed by atoms with E-state index in [0.29, 0.717) is 30.9 Å². The van der Waals surface area contributed by atoms with E-state index >= 15 is 0 Å². The molecule has 6 nitrogen and oxygen atoms in total. The molecular weight excluding hydrogens is 272 g/mol. The van der Waals surface area contributed by atoms with E-state index in [4.69, 9.17) is 4.74 Å². The zero-order valence-electron chi connectivity index (χ0n) is 12.1. The first-order valence-electron chi connectivity index (χ1n) is 6.76. The minimum absolute atomic E-state index is 0.220. The van der Waals surface area contributed by atoms with E-state index in [2.05, 4.69) is 5.32 Å². The molecule has 1 N–H and O–H groups in total. The molecule has 0 atom stereocenters. The normalized spacial score (nSPS) is 16.8. The number of imide groups is 1. The summed E-state index contributed by atoms with van der Waals surface area (Å²) in [5, 5.41) is 2.63. The maximum Gasteiger partial charge on any atom is 0.325 e. The lowest BCUT2D eigenvalue weighted by atomic mass is 10.1. The number of rotatable bonds is 6. The van der Waals surface area contributed by atoms with E-state index in [1.807, 2.05) is 0 Å². The van der Waals surface area contributed by atoms with Gasteiger partial charge >= 0.3 is 6.03 Å².